The predicted octanol–water partition coefficient (Wildman–Crippen LogP) is 1.16. The first kappa shape index (κ1) is 15.4. The SMILES string of the molecule is COCC(C)(C)NC(C)C(=O)NCC(C)C. The van der Waals surface area contributed by atoms with E-state index in [4.69, 9.17) is 4.74 Å². The van der Waals surface area contributed by atoms with E-state index in [-0.39, 0.29) is 17.5 Å². The van der Waals surface area contributed by atoms with Gasteiger partial charge in [0.15, 0.2) is 0 Å². The highest BCUT2D eigenvalue weighted by Crippen LogP contribution is 2.04. The Kier molecular flexibility index (Phi) is 6.60. The number of ether oxygens (including phenoxy) is 1. The first-order valence-electron chi connectivity index (χ1n) is 5.83. The quantitative estimate of drug-likeness (QED) is 0.690. The van der Waals surface area contributed by atoms with Crippen molar-refractivity contribution in [2.45, 2.75) is 46.2 Å². The molecule has 0 rings (SSSR count). The lowest BCUT2D eigenvalue weighted by molar-refractivity contribution is -0.123. The van der Waals surface area contributed by atoms with Gasteiger partial charge in [-0.1, -0.05) is 13.8 Å². The maximum Gasteiger partial charge on any atom is 0.236 e. The zero-order valence-electron chi connectivity index (χ0n) is 11.4. The van der Waals surface area contributed by atoms with E-state index in [1.807, 2.05) is 20.8 Å². The van der Waals surface area contributed by atoms with Gasteiger partial charge in [-0.25, -0.2) is 0 Å². The van der Waals surface area contributed by atoms with Gasteiger partial charge in [0.1, 0.15) is 0 Å². The molecule has 0 aromatic heterocycles. The number of hydrogen-bond donors (Lipinski definition) is 2. The van der Waals surface area contributed by atoms with Crippen LogP contribution in [-0.2, 0) is 9.53 Å². The zero-order chi connectivity index (χ0) is 12.8. The molecule has 1 atom stereocenters. The van der Waals surface area contributed by atoms with Crippen molar-refractivity contribution in [1.82, 2.24) is 10.6 Å². The molecule has 1 unspecified atom stereocenters. The van der Waals surface area contributed by atoms with Gasteiger partial charge >= 0.3 is 0 Å². The normalized spacial score (nSPS) is 13.9. The highest BCUT2D eigenvalue weighted by molar-refractivity contribution is 5.81. The summed E-state index contributed by atoms with van der Waals surface area (Å²) >= 11 is 0. The lowest BCUT2D eigenvalue weighted by Crippen LogP contribution is -2.53. The molecular weight excluding hydrogens is 204 g/mol. The predicted molar refractivity (Wildman–Crippen MR) is 66.4 cm³/mol. The van der Waals surface area contributed by atoms with Crippen LogP contribution in [0.2, 0.25) is 0 Å². The van der Waals surface area contributed by atoms with Crippen LogP contribution in [0.25, 0.3) is 0 Å². The molecular formula is C12H26N2O2. The third-order valence-electron chi connectivity index (χ3n) is 2.19. The first-order chi connectivity index (χ1) is 7.28. The molecule has 0 saturated carbocycles. The summed E-state index contributed by atoms with van der Waals surface area (Å²) in [6.45, 7) is 11.4. The second kappa shape index (κ2) is 6.86. The van der Waals surface area contributed by atoms with Gasteiger partial charge in [0.05, 0.1) is 12.6 Å². The van der Waals surface area contributed by atoms with Gasteiger partial charge in [-0.2, -0.15) is 0 Å². The Morgan fingerprint density at radius 2 is 1.88 bits per heavy atom. The molecule has 2 N–H and O–H groups in total. The van der Waals surface area contributed by atoms with Crippen molar-refractivity contribution in [3.05, 3.63) is 0 Å². The summed E-state index contributed by atoms with van der Waals surface area (Å²) in [4.78, 5) is 11.7. The number of methoxy groups -OCH3 is 1. The van der Waals surface area contributed by atoms with Gasteiger partial charge < -0.3 is 10.1 Å². The van der Waals surface area contributed by atoms with E-state index in [2.05, 4.69) is 24.5 Å². The Labute approximate surface area is 99.1 Å². The van der Waals surface area contributed by atoms with Crippen LogP contribution >= 0.6 is 0 Å². The van der Waals surface area contributed by atoms with E-state index in [0.717, 1.165) is 6.54 Å². The summed E-state index contributed by atoms with van der Waals surface area (Å²) in [7, 11) is 1.66. The number of nitrogens with one attached hydrogen (secondary N) is 2. The Bertz CT molecular complexity index is 215. The van der Waals surface area contributed by atoms with Crippen molar-refractivity contribution in [2.75, 3.05) is 20.3 Å². The Balaban J connectivity index is 4.04. The monoisotopic (exact) mass is 230 g/mol. The van der Waals surface area contributed by atoms with Gasteiger partial charge in [-0.3, -0.25) is 10.1 Å². The number of carbonyl (C=O) groups excluding carboxylic acids is 1. The molecule has 4 nitrogen and oxygen atoms in total. The van der Waals surface area contributed by atoms with Crippen molar-refractivity contribution in [3.63, 3.8) is 0 Å². The lowest BCUT2D eigenvalue weighted by atomic mass is 10.1. The smallest absolute Gasteiger partial charge is 0.236 e. The van der Waals surface area contributed by atoms with Crippen molar-refractivity contribution in [1.29, 1.82) is 0 Å². The van der Waals surface area contributed by atoms with Gasteiger partial charge in [0, 0.05) is 19.2 Å². The fraction of sp³-hybridized carbons (Fsp3) is 0.917. The Morgan fingerprint density at radius 1 is 1.31 bits per heavy atom. The minimum absolute atomic E-state index is 0.0397. The molecule has 4 heteroatoms. The third kappa shape index (κ3) is 6.80. The Hall–Kier alpha value is -0.610. The third-order valence-corrected chi connectivity index (χ3v) is 2.19. The maximum atomic E-state index is 11.7. The topological polar surface area (TPSA) is 50.4 Å². The molecule has 0 spiro atoms. The van der Waals surface area contributed by atoms with E-state index in [9.17, 15) is 4.79 Å². The van der Waals surface area contributed by atoms with Gasteiger partial charge in [-0.05, 0) is 26.7 Å². The van der Waals surface area contributed by atoms with Crippen molar-refractivity contribution < 1.29 is 9.53 Å². The molecule has 16 heavy (non-hydrogen) atoms. The van der Waals surface area contributed by atoms with Gasteiger partial charge in [0.25, 0.3) is 0 Å². The molecule has 0 heterocycles. The average molecular weight is 230 g/mol. The standard InChI is InChI=1S/C12H26N2O2/c1-9(2)7-13-11(15)10(3)14-12(4,5)8-16-6/h9-10,14H,7-8H2,1-6H3,(H,13,15). The summed E-state index contributed by atoms with van der Waals surface area (Å²) in [5.41, 5.74) is -0.191. The number of amides is 1. The molecule has 0 aliphatic heterocycles. The molecule has 0 aromatic carbocycles. The van der Waals surface area contributed by atoms with E-state index in [0.29, 0.717) is 12.5 Å². The van der Waals surface area contributed by atoms with Crippen molar-refractivity contribution in [2.24, 2.45) is 5.92 Å². The maximum absolute atomic E-state index is 11.7. The van der Waals surface area contributed by atoms with E-state index < -0.39 is 0 Å². The number of hydrogen-bond acceptors (Lipinski definition) is 3. The average Bonchev–Trinajstić information content (AvgIpc) is 2.12. The van der Waals surface area contributed by atoms with E-state index in [1.54, 1.807) is 7.11 Å². The van der Waals surface area contributed by atoms with Crippen molar-refractivity contribution in [3.8, 4) is 0 Å². The summed E-state index contributed by atoms with van der Waals surface area (Å²) in [5.74, 6) is 0.515. The molecule has 0 saturated heterocycles. The summed E-state index contributed by atoms with van der Waals surface area (Å²) in [6.07, 6.45) is 0. The van der Waals surface area contributed by atoms with E-state index >= 15 is 0 Å². The highest BCUT2D eigenvalue weighted by atomic mass is 16.5. The largest absolute Gasteiger partial charge is 0.383 e. The van der Waals surface area contributed by atoms with Crippen LogP contribution in [0.3, 0.4) is 0 Å². The molecule has 1 amide bonds. The highest BCUT2D eigenvalue weighted by Gasteiger charge is 2.23. The van der Waals surface area contributed by atoms with Crippen molar-refractivity contribution >= 4 is 5.91 Å². The van der Waals surface area contributed by atoms with Gasteiger partial charge in [-0.15, -0.1) is 0 Å². The van der Waals surface area contributed by atoms with Crippen LogP contribution in [-0.4, -0.2) is 37.7 Å². The zero-order valence-corrected chi connectivity index (χ0v) is 11.4. The number of carbonyl (C=O) groups is 1. The Morgan fingerprint density at radius 3 is 2.31 bits per heavy atom. The van der Waals surface area contributed by atoms with Crippen LogP contribution < -0.4 is 10.6 Å². The fourth-order valence-corrected chi connectivity index (χ4v) is 1.51. The second-order valence-corrected chi connectivity index (χ2v) is 5.32. The molecule has 0 aliphatic rings. The lowest BCUT2D eigenvalue weighted by Gasteiger charge is -2.29. The fourth-order valence-electron chi connectivity index (χ4n) is 1.51. The molecule has 0 bridgehead atoms. The number of rotatable bonds is 7. The van der Waals surface area contributed by atoms with Crippen LogP contribution in [0.1, 0.15) is 34.6 Å². The summed E-state index contributed by atoms with van der Waals surface area (Å²) in [6, 6.07) is -0.205. The second-order valence-electron chi connectivity index (χ2n) is 5.32. The molecule has 0 radical (unpaired) electrons. The van der Waals surface area contributed by atoms with E-state index in [1.165, 1.54) is 0 Å². The summed E-state index contributed by atoms with van der Waals surface area (Å²) in [5, 5.41) is 6.15. The molecule has 96 valence electrons. The van der Waals surface area contributed by atoms with Crippen LogP contribution in [0.5, 0.6) is 0 Å². The van der Waals surface area contributed by atoms with Crippen LogP contribution in [0.15, 0.2) is 0 Å². The van der Waals surface area contributed by atoms with Gasteiger partial charge in [0.2, 0.25) is 5.91 Å². The first-order valence-corrected chi connectivity index (χ1v) is 5.83. The van der Waals surface area contributed by atoms with Crippen LogP contribution in [0, 0.1) is 5.92 Å². The molecule has 0 fully saturated rings. The molecule has 0 aromatic rings. The molecule has 0 aliphatic carbocycles. The minimum atomic E-state index is -0.205. The summed E-state index contributed by atoms with van der Waals surface area (Å²) < 4.78 is 5.09. The van der Waals surface area contributed by atoms with Crippen LogP contribution in [0.4, 0.5) is 0 Å². The minimum Gasteiger partial charge on any atom is -0.383 e.